The molecule has 1 aromatic carbocycles. The summed E-state index contributed by atoms with van der Waals surface area (Å²) in [4.78, 5) is 24.4. The van der Waals surface area contributed by atoms with Crippen LogP contribution in [0.3, 0.4) is 0 Å². The van der Waals surface area contributed by atoms with E-state index in [0.717, 1.165) is 59.5 Å². The summed E-state index contributed by atoms with van der Waals surface area (Å²) in [6.45, 7) is 5.44. The maximum atomic E-state index is 12.8. The second-order valence-electron chi connectivity index (χ2n) is 7.17. The van der Waals surface area contributed by atoms with E-state index < -0.39 is 0 Å². The molecule has 1 N–H and O–H groups in total. The van der Waals surface area contributed by atoms with Crippen molar-refractivity contribution in [2.75, 3.05) is 19.6 Å². The second kappa shape index (κ2) is 8.41. The number of carbonyl (C=O) groups excluding carboxylic acids is 1. The molecule has 3 aromatic rings. The maximum Gasteiger partial charge on any atom is 0.240 e. The van der Waals surface area contributed by atoms with E-state index in [-0.39, 0.29) is 18.5 Å². The molecule has 7 heteroatoms. The first-order chi connectivity index (χ1) is 13.6. The number of halogens is 1. The molecule has 1 amide bonds. The molecule has 146 valence electrons. The van der Waals surface area contributed by atoms with Crippen LogP contribution in [0.2, 0.25) is 0 Å². The summed E-state index contributed by atoms with van der Waals surface area (Å²) in [6, 6.07) is 12.0. The lowest BCUT2D eigenvalue weighted by atomic mass is 10.1. The fraction of sp³-hybridized carbons (Fsp3) is 0.381. The second-order valence-corrected chi connectivity index (χ2v) is 8.09. The Kier molecular flexibility index (Phi) is 5.73. The maximum absolute atomic E-state index is 12.8. The van der Waals surface area contributed by atoms with Gasteiger partial charge in [0.25, 0.3) is 0 Å². The topological polar surface area (TPSA) is 63.1 Å². The molecule has 1 saturated heterocycles. The molecule has 1 aliphatic heterocycles. The van der Waals surface area contributed by atoms with Crippen LogP contribution in [0.5, 0.6) is 0 Å². The van der Waals surface area contributed by atoms with E-state index >= 15 is 0 Å². The lowest BCUT2D eigenvalue weighted by Gasteiger charge is -2.32. The summed E-state index contributed by atoms with van der Waals surface area (Å²) in [5, 5.41) is 3.21. The van der Waals surface area contributed by atoms with Crippen molar-refractivity contribution in [3.8, 4) is 11.4 Å². The third-order valence-corrected chi connectivity index (χ3v) is 5.75. The Morgan fingerprint density at radius 2 is 2.11 bits per heavy atom. The fourth-order valence-electron chi connectivity index (χ4n) is 3.81. The fourth-order valence-corrected chi connectivity index (χ4v) is 4.07. The number of hydrogen-bond donors (Lipinski definition) is 1. The third kappa shape index (κ3) is 4.10. The highest BCUT2D eigenvalue weighted by atomic mass is 79.9. The third-order valence-electron chi connectivity index (χ3n) is 5.23. The van der Waals surface area contributed by atoms with Crippen LogP contribution in [0.4, 0.5) is 0 Å². The van der Waals surface area contributed by atoms with Gasteiger partial charge in [-0.05, 0) is 50.2 Å². The predicted molar refractivity (Wildman–Crippen MR) is 114 cm³/mol. The number of carbonyl (C=O) groups is 1. The van der Waals surface area contributed by atoms with Crippen molar-refractivity contribution in [2.45, 2.75) is 32.4 Å². The van der Waals surface area contributed by atoms with Crippen molar-refractivity contribution >= 4 is 33.0 Å². The Labute approximate surface area is 173 Å². The Hall–Kier alpha value is -2.25. The van der Waals surface area contributed by atoms with Crippen LogP contribution in [-0.4, -0.2) is 51.0 Å². The number of nitrogens with zero attached hydrogens (tertiary/aromatic N) is 4. The minimum Gasteiger partial charge on any atom is -0.351 e. The summed E-state index contributed by atoms with van der Waals surface area (Å²) in [7, 11) is 0. The van der Waals surface area contributed by atoms with Crippen molar-refractivity contribution in [2.24, 2.45) is 0 Å². The van der Waals surface area contributed by atoms with E-state index in [9.17, 15) is 4.79 Å². The molecule has 0 radical (unpaired) electrons. The van der Waals surface area contributed by atoms with Gasteiger partial charge in [0, 0.05) is 28.8 Å². The molecule has 0 bridgehead atoms. The van der Waals surface area contributed by atoms with Gasteiger partial charge in [-0.15, -0.1) is 0 Å². The van der Waals surface area contributed by atoms with E-state index in [1.165, 1.54) is 0 Å². The van der Waals surface area contributed by atoms with Crippen molar-refractivity contribution < 1.29 is 4.79 Å². The van der Waals surface area contributed by atoms with Gasteiger partial charge in [-0.25, -0.2) is 9.97 Å². The van der Waals surface area contributed by atoms with E-state index in [1.807, 2.05) is 41.0 Å². The highest BCUT2D eigenvalue weighted by Crippen LogP contribution is 2.25. The molecule has 4 rings (SSSR count). The van der Waals surface area contributed by atoms with E-state index in [1.54, 1.807) is 6.20 Å². The first-order valence-electron chi connectivity index (χ1n) is 9.73. The molecule has 1 aliphatic rings. The summed E-state index contributed by atoms with van der Waals surface area (Å²) < 4.78 is 2.92. The quantitative estimate of drug-likeness (QED) is 0.658. The standard InChI is InChI=1S/C21H24BrN5O/c1-2-26-12-4-5-17(13-26)24-19(28)14-27-20(15-7-9-16(22)10-8-15)25-18-6-3-11-23-21(18)27/h3,6-11,17H,2,4-5,12-14H2,1H3,(H,24,28). The number of benzene rings is 1. The van der Waals surface area contributed by atoms with Crippen molar-refractivity contribution in [3.05, 3.63) is 47.1 Å². The minimum absolute atomic E-state index is 0.00580. The molecule has 1 fully saturated rings. The molecule has 3 heterocycles. The monoisotopic (exact) mass is 441 g/mol. The summed E-state index contributed by atoms with van der Waals surface area (Å²) in [5.41, 5.74) is 2.49. The zero-order valence-electron chi connectivity index (χ0n) is 15.9. The number of likely N-dealkylation sites (tertiary alicyclic amines) is 1. The van der Waals surface area contributed by atoms with Crippen LogP contribution in [0, 0.1) is 0 Å². The van der Waals surface area contributed by atoms with Crippen molar-refractivity contribution in [3.63, 3.8) is 0 Å². The lowest BCUT2D eigenvalue weighted by Crippen LogP contribution is -2.48. The molecule has 1 atom stereocenters. The number of fused-ring (bicyclic) bond motifs is 1. The van der Waals surface area contributed by atoms with E-state index in [2.05, 4.69) is 38.1 Å². The van der Waals surface area contributed by atoms with Gasteiger partial charge >= 0.3 is 0 Å². The van der Waals surface area contributed by atoms with Crippen molar-refractivity contribution in [1.29, 1.82) is 0 Å². The highest BCUT2D eigenvalue weighted by Gasteiger charge is 2.22. The molecule has 0 aliphatic carbocycles. The number of imidazole rings is 1. The van der Waals surface area contributed by atoms with Gasteiger partial charge in [-0.3, -0.25) is 9.36 Å². The number of piperidine rings is 1. The Bertz CT molecular complexity index is 969. The average Bonchev–Trinajstić information content (AvgIpc) is 3.07. The van der Waals surface area contributed by atoms with Gasteiger partial charge in [0.05, 0.1) is 0 Å². The van der Waals surface area contributed by atoms with Crippen LogP contribution in [0.25, 0.3) is 22.6 Å². The van der Waals surface area contributed by atoms with Gasteiger partial charge in [0.15, 0.2) is 5.65 Å². The Balaban J connectivity index is 1.59. The number of hydrogen-bond acceptors (Lipinski definition) is 4. The molecule has 6 nitrogen and oxygen atoms in total. The van der Waals surface area contributed by atoms with Gasteiger partial charge in [-0.1, -0.05) is 35.0 Å². The number of pyridine rings is 1. The minimum atomic E-state index is 0.00580. The smallest absolute Gasteiger partial charge is 0.240 e. The number of nitrogens with one attached hydrogen (secondary N) is 1. The van der Waals surface area contributed by atoms with Gasteiger partial charge < -0.3 is 10.2 Å². The molecular formula is C21H24BrN5O. The van der Waals surface area contributed by atoms with Gasteiger partial charge in [0.1, 0.15) is 17.9 Å². The zero-order chi connectivity index (χ0) is 19.5. The molecule has 1 unspecified atom stereocenters. The molecule has 28 heavy (non-hydrogen) atoms. The van der Waals surface area contributed by atoms with Crippen LogP contribution in [0.15, 0.2) is 47.1 Å². The van der Waals surface area contributed by atoms with Crippen LogP contribution < -0.4 is 5.32 Å². The van der Waals surface area contributed by atoms with Gasteiger partial charge in [0.2, 0.25) is 5.91 Å². The molecule has 0 saturated carbocycles. The first-order valence-corrected chi connectivity index (χ1v) is 10.5. The Morgan fingerprint density at radius 3 is 2.89 bits per heavy atom. The summed E-state index contributed by atoms with van der Waals surface area (Å²) in [5.74, 6) is 0.765. The SMILES string of the molecule is CCN1CCCC(NC(=O)Cn2c(-c3ccc(Br)cc3)nc3cccnc32)C1. The molecular weight excluding hydrogens is 418 g/mol. The first kappa shape index (κ1) is 19.1. The van der Waals surface area contributed by atoms with Crippen molar-refractivity contribution in [1.82, 2.24) is 24.8 Å². The Morgan fingerprint density at radius 1 is 1.29 bits per heavy atom. The number of amides is 1. The number of aromatic nitrogens is 3. The predicted octanol–water partition coefficient (Wildman–Crippen LogP) is 3.46. The van der Waals surface area contributed by atoms with E-state index in [4.69, 9.17) is 4.98 Å². The van der Waals surface area contributed by atoms with Crippen LogP contribution in [-0.2, 0) is 11.3 Å². The number of likely N-dealkylation sites (N-methyl/N-ethyl adjacent to an activating group) is 1. The normalized spacial score (nSPS) is 17.7. The summed E-state index contributed by atoms with van der Waals surface area (Å²) in [6.07, 6.45) is 3.90. The lowest BCUT2D eigenvalue weighted by molar-refractivity contribution is -0.122. The molecule has 2 aromatic heterocycles. The summed E-state index contributed by atoms with van der Waals surface area (Å²) >= 11 is 3.47. The highest BCUT2D eigenvalue weighted by molar-refractivity contribution is 9.10. The van der Waals surface area contributed by atoms with E-state index in [0.29, 0.717) is 0 Å². The average molecular weight is 442 g/mol. The van der Waals surface area contributed by atoms with Gasteiger partial charge in [-0.2, -0.15) is 0 Å². The molecule has 0 spiro atoms. The van der Waals surface area contributed by atoms with Crippen LogP contribution in [0.1, 0.15) is 19.8 Å². The van der Waals surface area contributed by atoms with Crippen LogP contribution >= 0.6 is 15.9 Å². The number of rotatable bonds is 5. The largest absolute Gasteiger partial charge is 0.351 e. The zero-order valence-corrected chi connectivity index (χ0v) is 17.5.